The zero-order chi connectivity index (χ0) is 8.39. The molecule has 0 saturated heterocycles. The molecule has 0 spiro atoms. The second kappa shape index (κ2) is 3.35. The van der Waals surface area contributed by atoms with Crippen LogP contribution in [0.3, 0.4) is 0 Å². The van der Waals surface area contributed by atoms with Crippen LogP contribution in [0.15, 0.2) is 18.2 Å². The molecule has 1 aliphatic rings. The summed E-state index contributed by atoms with van der Waals surface area (Å²) in [5.41, 5.74) is 3.07. The van der Waals surface area contributed by atoms with E-state index >= 15 is 0 Å². The number of alkyl halides is 1. The number of halogens is 1. The van der Waals surface area contributed by atoms with E-state index in [0.29, 0.717) is 5.52 Å². The summed E-state index contributed by atoms with van der Waals surface area (Å²) in [6, 6.07) is 6.15. The molecular formula is C9H10BrNO. The minimum Gasteiger partial charge on any atom is -0.480 e. The molecule has 1 aromatic rings. The maximum atomic E-state index is 5.40. The van der Waals surface area contributed by atoms with Gasteiger partial charge in [-0.25, -0.2) is 0 Å². The van der Waals surface area contributed by atoms with E-state index in [0.717, 1.165) is 24.4 Å². The quantitative estimate of drug-likeness (QED) is 0.784. The normalized spacial score (nSPS) is 13.8. The van der Waals surface area contributed by atoms with Crippen molar-refractivity contribution in [2.24, 2.45) is 0 Å². The van der Waals surface area contributed by atoms with Crippen LogP contribution in [0.25, 0.3) is 0 Å². The van der Waals surface area contributed by atoms with Crippen LogP contribution in [0, 0.1) is 0 Å². The Hall–Kier alpha value is -0.700. The van der Waals surface area contributed by atoms with Gasteiger partial charge in [0.05, 0.1) is 5.69 Å². The molecule has 0 fully saturated rings. The Balaban J connectivity index is 2.36. The summed E-state index contributed by atoms with van der Waals surface area (Å²) in [6.07, 6.45) is 1.11. The first-order valence-corrected chi connectivity index (χ1v) is 5.08. The largest absolute Gasteiger partial charge is 0.480 e. The second-order valence-electron chi connectivity index (χ2n) is 2.72. The van der Waals surface area contributed by atoms with Gasteiger partial charge in [0.15, 0.2) is 0 Å². The predicted molar refractivity (Wildman–Crippen MR) is 53.1 cm³/mol. The Morgan fingerprint density at radius 3 is 3.25 bits per heavy atom. The van der Waals surface area contributed by atoms with Crippen LogP contribution in [0.4, 0.5) is 5.69 Å². The maximum Gasteiger partial charge on any atom is 0.143 e. The molecular weight excluding hydrogens is 218 g/mol. The topological polar surface area (TPSA) is 21.3 Å². The second-order valence-corrected chi connectivity index (χ2v) is 3.18. The molecule has 2 rings (SSSR count). The maximum absolute atomic E-state index is 5.40. The lowest BCUT2D eigenvalue weighted by atomic mass is 10.1. The summed E-state index contributed by atoms with van der Waals surface area (Å²) < 4.78 is 5.40. The molecule has 2 nitrogen and oxygen atoms in total. The molecule has 0 amide bonds. The van der Waals surface area contributed by atoms with Crippen molar-refractivity contribution in [1.82, 2.24) is 0 Å². The summed E-state index contributed by atoms with van der Waals surface area (Å²) in [5, 5.41) is 3.31. The number of fused-ring (bicyclic) bond motifs is 1. The summed E-state index contributed by atoms with van der Waals surface area (Å²) in [4.78, 5) is 0. The number of rotatable bonds is 2. The van der Waals surface area contributed by atoms with Gasteiger partial charge in [-0.05, 0) is 34.0 Å². The average molecular weight is 228 g/mol. The summed E-state index contributed by atoms with van der Waals surface area (Å²) >= 11 is 3.24. The number of ether oxygens (including phenoxy) is 1. The first kappa shape index (κ1) is 7.92. The van der Waals surface area contributed by atoms with Crippen LogP contribution in [0.2, 0.25) is 0 Å². The molecule has 0 aromatic heterocycles. The minimum absolute atomic E-state index is 0.547. The molecule has 0 radical (unpaired) electrons. The van der Waals surface area contributed by atoms with Gasteiger partial charge in [-0.15, -0.1) is 0 Å². The molecule has 3 heteroatoms. The number of hydrogen-bond acceptors (Lipinski definition) is 2. The number of nitrogens with one attached hydrogen (secondary N) is 1. The van der Waals surface area contributed by atoms with E-state index in [2.05, 4.69) is 27.3 Å². The van der Waals surface area contributed by atoms with Crippen LogP contribution in [0.1, 0.15) is 5.56 Å². The van der Waals surface area contributed by atoms with Gasteiger partial charge in [0.2, 0.25) is 0 Å². The fraction of sp³-hybridized carbons (Fsp3) is 0.333. The lowest BCUT2D eigenvalue weighted by Gasteiger charge is -2.07. The van der Waals surface area contributed by atoms with E-state index in [1.54, 1.807) is 0 Å². The number of hydrogen-bond donors (Lipinski definition) is 1. The highest BCUT2D eigenvalue weighted by Crippen LogP contribution is 2.32. The molecule has 64 valence electrons. The van der Waals surface area contributed by atoms with Crippen molar-refractivity contribution in [2.75, 3.05) is 17.4 Å². The van der Waals surface area contributed by atoms with Crippen LogP contribution in [-0.4, -0.2) is 12.1 Å². The van der Waals surface area contributed by atoms with E-state index in [-0.39, 0.29) is 0 Å². The zero-order valence-corrected chi connectivity index (χ0v) is 8.23. The Morgan fingerprint density at radius 1 is 1.50 bits per heavy atom. The molecule has 1 heterocycles. The fourth-order valence-corrected chi connectivity index (χ4v) is 1.73. The first-order chi connectivity index (χ1) is 5.92. The zero-order valence-electron chi connectivity index (χ0n) is 6.64. The van der Waals surface area contributed by atoms with Gasteiger partial charge in [0.1, 0.15) is 11.3 Å². The number of para-hydroxylation sites is 1. The van der Waals surface area contributed by atoms with Gasteiger partial charge in [-0.3, -0.25) is 0 Å². The SMILES string of the molecule is BrCOc1cccc2c1NCC2. The summed E-state index contributed by atoms with van der Waals surface area (Å²) in [7, 11) is 0. The van der Waals surface area contributed by atoms with Crippen molar-refractivity contribution in [3.05, 3.63) is 23.8 Å². The third-order valence-corrected chi connectivity index (χ3v) is 2.25. The predicted octanol–water partition coefficient (Wildman–Crippen LogP) is 2.39. The number of anilines is 1. The number of benzene rings is 1. The van der Waals surface area contributed by atoms with Gasteiger partial charge < -0.3 is 10.1 Å². The third-order valence-electron chi connectivity index (χ3n) is 2.02. The van der Waals surface area contributed by atoms with Gasteiger partial charge in [-0.2, -0.15) is 0 Å². The summed E-state index contributed by atoms with van der Waals surface area (Å²) in [6.45, 7) is 1.03. The van der Waals surface area contributed by atoms with Crippen LogP contribution >= 0.6 is 15.9 Å². The molecule has 0 atom stereocenters. The lowest BCUT2D eigenvalue weighted by Crippen LogP contribution is -1.95. The Labute approximate surface area is 80.1 Å². The van der Waals surface area contributed by atoms with Crippen LogP contribution < -0.4 is 10.1 Å². The van der Waals surface area contributed by atoms with Crippen molar-refractivity contribution in [3.63, 3.8) is 0 Å². The van der Waals surface area contributed by atoms with Gasteiger partial charge in [-0.1, -0.05) is 12.1 Å². The smallest absolute Gasteiger partial charge is 0.143 e. The van der Waals surface area contributed by atoms with Gasteiger partial charge >= 0.3 is 0 Å². The fourth-order valence-electron chi connectivity index (χ4n) is 1.49. The molecule has 1 aromatic carbocycles. The van der Waals surface area contributed by atoms with Crippen LogP contribution in [-0.2, 0) is 6.42 Å². The first-order valence-electron chi connectivity index (χ1n) is 3.96. The van der Waals surface area contributed by atoms with Gasteiger partial charge in [0, 0.05) is 6.54 Å². The van der Waals surface area contributed by atoms with Crippen molar-refractivity contribution >= 4 is 21.6 Å². The molecule has 0 saturated carbocycles. The highest BCUT2D eigenvalue weighted by atomic mass is 79.9. The molecule has 0 aliphatic carbocycles. The average Bonchev–Trinajstić information content (AvgIpc) is 2.53. The van der Waals surface area contributed by atoms with Crippen LogP contribution in [0.5, 0.6) is 5.75 Å². The highest BCUT2D eigenvalue weighted by Gasteiger charge is 2.13. The third kappa shape index (κ3) is 1.29. The molecule has 12 heavy (non-hydrogen) atoms. The molecule has 0 bridgehead atoms. The van der Waals surface area contributed by atoms with E-state index < -0.39 is 0 Å². The van der Waals surface area contributed by atoms with Gasteiger partial charge in [0.25, 0.3) is 0 Å². The Morgan fingerprint density at radius 2 is 2.42 bits per heavy atom. The lowest BCUT2D eigenvalue weighted by molar-refractivity contribution is 0.400. The van der Waals surface area contributed by atoms with Crippen molar-refractivity contribution < 1.29 is 4.74 Å². The van der Waals surface area contributed by atoms with E-state index in [1.807, 2.05) is 12.1 Å². The molecule has 1 aliphatic heterocycles. The van der Waals surface area contributed by atoms with E-state index in [1.165, 1.54) is 5.56 Å². The van der Waals surface area contributed by atoms with Crippen molar-refractivity contribution in [3.8, 4) is 5.75 Å². The summed E-state index contributed by atoms with van der Waals surface area (Å²) in [5.74, 6) is 0.946. The van der Waals surface area contributed by atoms with Crippen molar-refractivity contribution in [1.29, 1.82) is 0 Å². The standard InChI is InChI=1S/C9H10BrNO/c10-6-12-8-3-1-2-7-4-5-11-9(7)8/h1-3,11H,4-6H2. The van der Waals surface area contributed by atoms with E-state index in [9.17, 15) is 0 Å². The van der Waals surface area contributed by atoms with E-state index in [4.69, 9.17) is 4.74 Å². The Kier molecular flexibility index (Phi) is 2.21. The Bertz CT molecular complexity index is 288. The monoisotopic (exact) mass is 227 g/mol. The van der Waals surface area contributed by atoms with Crippen molar-refractivity contribution in [2.45, 2.75) is 6.42 Å². The minimum atomic E-state index is 0.547. The molecule has 0 unspecified atom stereocenters. The highest BCUT2D eigenvalue weighted by molar-refractivity contribution is 9.09. The molecule has 1 N–H and O–H groups in total.